The van der Waals surface area contributed by atoms with Crippen LogP contribution in [0.4, 0.5) is 0 Å². The molecule has 3 fully saturated rings. The molecule has 1 aromatic carbocycles. The first kappa shape index (κ1) is 14.8. The number of piperidine rings is 3. The standard InChI is InChI=1S/C18H20N2O2S/c21-18(19-16-12-20-9-7-13(16)8-10-20)14-3-5-15(6-4-14)23-17-2-1-11-22-17/h1-6,11,13,16H,7-10,12H2,(H,19,21). The SMILES string of the molecule is O=C(NC1CN2CCC1CC2)c1ccc(Sc2ccco2)cc1. The van der Waals surface area contributed by atoms with Gasteiger partial charge in [-0.05, 0) is 68.2 Å². The molecule has 1 N–H and O–H groups in total. The fraction of sp³-hybridized carbons (Fsp3) is 0.389. The molecular weight excluding hydrogens is 308 g/mol. The third-order valence-corrected chi connectivity index (χ3v) is 5.74. The van der Waals surface area contributed by atoms with Gasteiger partial charge in [0.25, 0.3) is 5.91 Å². The Kier molecular flexibility index (Phi) is 4.14. The summed E-state index contributed by atoms with van der Waals surface area (Å²) in [5.74, 6) is 0.691. The molecule has 23 heavy (non-hydrogen) atoms. The predicted octanol–water partition coefficient (Wildman–Crippen LogP) is 3.25. The van der Waals surface area contributed by atoms with E-state index in [4.69, 9.17) is 4.42 Å². The first-order chi connectivity index (χ1) is 11.3. The van der Waals surface area contributed by atoms with Crippen molar-refractivity contribution >= 4 is 17.7 Å². The minimum absolute atomic E-state index is 0.0401. The van der Waals surface area contributed by atoms with E-state index in [2.05, 4.69) is 10.2 Å². The lowest BCUT2D eigenvalue weighted by atomic mass is 9.84. The van der Waals surface area contributed by atoms with Gasteiger partial charge in [-0.15, -0.1) is 0 Å². The summed E-state index contributed by atoms with van der Waals surface area (Å²) in [5.41, 5.74) is 0.727. The van der Waals surface area contributed by atoms with Crippen LogP contribution in [0.1, 0.15) is 23.2 Å². The highest BCUT2D eigenvalue weighted by Gasteiger charge is 2.34. The molecule has 5 heteroatoms. The van der Waals surface area contributed by atoms with Crippen LogP contribution in [0.2, 0.25) is 0 Å². The van der Waals surface area contributed by atoms with Crippen LogP contribution < -0.4 is 5.32 Å². The molecule has 0 spiro atoms. The second-order valence-electron chi connectivity index (χ2n) is 6.28. The molecule has 4 heterocycles. The molecule has 2 bridgehead atoms. The van der Waals surface area contributed by atoms with E-state index in [9.17, 15) is 4.79 Å². The maximum absolute atomic E-state index is 12.5. The van der Waals surface area contributed by atoms with E-state index in [0.717, 1.165) is 22.1 Å². The molecule has 120 valence electrons. The second kappa shape index (κ2) is 6.42. The molecule has 1 amide bonds. The highest BCUT2D eigenvalue weighted by atomic mass is 32.2. The minimum Gasteiger partial charge on any atom is -0.458 e. The van der Waals surface area contributed by atoms with E-state index in [1.165, 1.54) is 25.9 Å². The van der Waals surface area contributed by atoms with Gasteiger partial charge in [-0.3, -0.25) is 4.79 Å². The van der Waals surface area contributed by atoms with Crippen LogP contribution >= 0.6 is 11.8 Å². The van der Waals surface area contributed by atoms with Crippen LogP contribution in [-0.2, 0) is 0 Å². The maximum atomic E-state index is 12.5. The van der Waals surface area contributed by atoms with Crippen LogP contribution in [-0.4, -0.2) is 36.5 Å². The molecular formula is C18H20N2O2S. The van der Waals surface area contributed by atoms with Crippen LogP contribution in [0, 0.1) is 5.92 Å². The molecule has 5 rings (SSSR count). The number of hydrogen-bond acceptors (Lipinski definition) is 4. The summed E-state index contributed by atoms with van der Waals surface area (Å²) in [6, 6.07) is 11.8. The fourth-order valence-corrected chi connectivity index (χ4v) is 4.25. The fourth-order valence-electron chi connectivity index (χ4n) is 3.49. The summed E-state index contributed by atoms with van der Waals surface area (Å²) >= 11 is 1.56. The molecule has 1 unspecified atom stereocenters. The van der Waals surface area contributed by atoms with Gasteiger partial charge in [-0.1, -0.05) is 11.8 Å². The molecule has 1 aromatic heterocycles. The molecule has 1 atom stereocenters. The van der Waals surface area contributed by atoms with Gasteiger partial charge in [-0.25, -0.2) is 0 Å². The Morgan fingerprint density at radius 3 is 2.57 bits per heavy atom. The van der Waals surface area contributed by atoms with Crippen molar-refractivity contribution in [3.05, 3.63) is 48.2 Å². The van der Waals surface area contributed by atoms with Gasteiger partial charge in [0.1, 0.15) is 0 Å². The van der Waals surface area contributed by atoms with E-state index < -0.39 is 0 Å². The van der Waals surface area contributed by atoms with Gasteiger partial charge in [0.15, 0.2) is 5.09 Å². The zero-order chi connectivity index (χ0) is 15.6. The number of hydrogen-bond donors (Lipinski definition) is 1. The van der Waals surface area contributed by atoms with Crippen molar-refractivity contribution in [2.24, 2.45) is 5.92 Å². The monoisotopic (exact) mass is 328 g/mol. The lowest BCUT2D eigenvalue weighted by molar-refractivity contribution is 0.0620. The van der Waals surface area contributed by atoms with Crippen LogP contribution in [0.15, 0.2) is 57.1 Å². The van der Waals surface area contributed by atoms with Crippen LogP contribution in [0.5, 0.6) is 0 Å². The van der Waals surface area contributed by atoms with Crippen molar-refractivity contribution < 1.29 is 9.21 Å². The van der Waals surface area contributed by atoms with E-state index in [1.807, 2.05) is 36.4 Å². The van der Waals surface area contributed by atoms with Gasteiger partial charge in [0.05, 0.1) is 6.26 Å². The molecule has 3 aliphatic rings. The highest BCUT2D eigenvalue weighted by Crippen LogP contribution is 2.29. The molecule has 0 radical (unpaired) electrons. The third kappa shape index (κ3) is 3.31. The van der Waals surface area contributed by atoms with Crippen molar-refractivity contribution in [2.45, 2.75) is 28.9 Å². The summed E-state index contributed by atoms with van der Waals surface area (Å²) in [6.07, 6.45) is 4.09. The number of amides is 1. The topological polar surface area (TPSA) is 45.5 Å². The highest BCUT2D eigenvalue weighted by molar-refractivity contribution is 7.99. The molecule has 3 aliphatic heterocycles. The Morgan fingerprint density at radius 2 is 1.96 bits per heavy atom. The third-order valence-electron chi connectivity index (χ3n) is 4.80. The summed E-state index contributed by atoms with van der Waals surface area (Å²) in [7, 11) is 0. The summed E-state index contributed by atoms with van der Waals surface area (Å²) in [5, 5.41) is 4.08. The maximum Gasteiger partial charge on any atom is 0.251 e. The first-order valence-electron chi connectivity index (χ1n) is 8.12. The van der Waals surface area contributed by atoms with Crippen LogP contribution in [0.25, 0.3) is 0 Å². The average Bonchev–Trinajstić information content (AvgIpc) is 3.09. The first-order valence-corrected chi connectivity index (χ1v) is 8.94. The van der Waals surface area contributed by atoms with E-state index in [0.29, 0.717) is 12.0 Å². The minimum atomic E-state index is 0.0401. The number of carbonyl (C=O) groups excluding carboxylic acids is 1. The Bertz CT molecular complexity index is 661. The molecule has 3 saturated heterocycles. The van der Waals surface area contributed by atoms with E-state index in [1.54, 1.807) is 18.0 Å². The molecule has 0 saturated carbocycles. The number of benzene rings is 1. The Morgan fingerprint density at radius 1 is 1.17 bits per heavy atom. The summed E-state index contributed by atoms with van der Waals surface area (Å²) < 4.78 is 5.32. The van der Waals surface area contributed by atoms with Crippen molar-refractivity contribution in [3.8, 4) is 0 Å². The van der Waals surface area contributed by atoms with Crippen molar-refractivity contribution in [1.82, 2.24) is 10.2 Å². The molecule has 2 aromatic rings. The number of nitrogens with zero attached hydrogens (tertiary/aromatic N) is 1. The van der Waals surface area contributed by atoms with Crippen molar-refractivity contribution in [1.29, 1.82) is 0 Å². The number of furan rings is 1. The predicted molar refractivity (Wildman–Crippen MR) is 89.7 cm³/mol. The Balaban J connectivity index is 1.38. The quantitative estimate of drug-likeness (QED) is 0.936. The number of rotatable bonds is 4. The second-order valence-corrected chi connectivity index (χ2v) is 7.35. The Labute approximate surface area is 140 Å². The normalized spacial score (nSPS) is 26.2. The lowest BCUT2D eigenvalue weighted by Crippen LogP contribution is -2.57. The van der Waals surface area contributed by atoms with Gasteiger partial charge >= 0.3 is 0 Å². The Hall–Kier alpha value is -1.72. The number of carbonyl (C=O) groups is 1. The van der Waals surface area contributed by atoms with Crippen molar-refractivity contribution in [3.63, 3.8) is 0 Å². The van der Waals surface area contributed by atoms with Crippen LogP contribution in [0.3, 0.4) is 0 Å². The zero-order valence-electron chi connectivity index (χ0n) is 12.9. The largest absolute Gasteiger partial charge is 0.458 e. The van der Waals surface area contributed by atoms with Gasteiger partial charge in [-0.2, -0.15) is 0 Å². The average molecular weight is 328 g/mol. The van der Waals surface area contributed by atoms with Gasteiger partial charge in [0, 0.05) is 23.0 Å². The summed E-state index contributed by atoms with van der Waals surface area (Å²) in [6.45, 7) is 3.38. The zero-order valence-corrected chi connectivity index (χ0v) is 13.7. The van der Waals surface area contributed by atoms with E-state index >= 15 is 0 Å². The molecule has 0 aliphatic carbocycles. The van der Waals surface area contributed by atoms with Gasteiger partial charge < -0.3 is 14.6 Å². The number of nitrogens with one attached hydrogen (secondary N) is 1. The lowest BCUT2D eigenvalue weighted by Gasteiger charge is -2.44. The summed E-state index contributed by atoms with van der Waals surface area (Å²) in [4.78, 5) is 16.0. The molecule has 4 nitrogen and oxygen atoms in total. The van der Waals surface area contributed by atoms with Crippen molar-refractivity contribution in [2.75, 3.05) is 19.6 Å². The smallest absolute Gasteiger partial charge is 0.251 e. The van der Waals surface area contributed by atoms with Gasteiger partial charge in [0.2, 0.25) is 0 Å². The number of fused-ring (bicyclic) bond motifs is 3. The van der Waals surface area contributed by atoms with E-state index in [-0.39, 0.29) is 5.91 Å².